The average molecular weight is 507 g/mol. The number of hydrogen-bond donors (Lipinski definition) is 1. The normalized spacial score (nSPS) is 13.7. The molecular weight excluding hydrogens is 476 g/mol. The summed E-state index contributed by atoms with van der Waals surface area (Å²) in [6.45, 7) is 7.68. The van der Waals surface area contributed by atoms with Crippen LogP contribution in [0.4, 0.5) is 11.4 Å². The zero-order valence-electron chi connectivity index (χ0n) is 21.8. The molecule has 5 rings (SSSR count). The zero-order chi connectivity index (χ0) is 26.6. The highest BCUT2D eigenvalue weighted by Crippen LogP contribution is 2.29. The third kappa shape index (κ3) is 5.69. The van der Waals surface area contributed by atoms with Gasteiger partial charge in [0.25, 0.3) is 5.91 Å². The largest absolute Gasteiger partial charge is 0.457 e. The van der Waals surface area contributed by atoms with Gasteiger partial charge >= 0.3 is 0 Å². The number of benzene rings is 3. The number of carbonyl (C=O) groups excluding carboxylic acids is 1. The highest BCUT2D eigenvalue weighted by Gasteiger charge is 2.17. The van der Waals surface area contributed by atoms with Crippen LogP contribution in [-0.2, 0) is 0 Å². The van der Waals surface area contributed by atoms with Crippen molar-refractivity contribution in [2.75, 3.05) is 43.4 Å². The van der Waals surface area contributed by atoms with Gasteiger partial charge in [0.05, 0.1) is 29.3 Å². The molecule has 3 aromatic carbocycles. The molecule has 192 valence electrons. The minimum atomic E-state index is -0.232. The number of aryl methyl sites for hydroxylation is 2. The minimum Gasteiger partial charge on any atom is -0.457 e. The molecule has 1 amide bonds. The summed E-state index contributed by atoms with van der Waals surface area (Å²) in [6, 6.07) is 20.6. The number of ether oxygens (including phenoxy) is 1. The second-order valence-electron chi connectivity index (χ2n) is 9.63. The van der Waals surface area contributed by atoms with Crippen molar-refractivity contribution < 1.29 is 9.53 Å². The van der Waals surface area contributed by atoms with Gasteiger partial charge in [0.1, 0.15) is 11.5 Å². The summed E-state index contributed by atoms with van der Waals surface area (Å²) in [5, 5.41) is 12.3. The number of piperazine rings is 1. The third-order valence-corrected chi connectivity index (χ3v) is 6.68. The molecule has 0 bridgehead atoms. The van der Waals surface area contributed by atoms with Gasteiger partial charge in [0, 0.05) is 49.3 Å². The lowest BCUT2D eigenvalue weighted by molar-refractivity contribution is 0.102. The fourth-order valence-electron chi connectivity index (χ4n) is 4.44. The molecule has 0 aliphatic carbocycles. The molecule has 1 aliphatic heterocycles. The van der Waals surface area contributed by atoms with Crippen LogP contribution >= 0.6 is 0 Å². The van der Waals surface area contributed by atoms with Gasteiger partial charge in [-0.1, -0.05) is 12.1 Å². The van der Waals surface area contributed by atoms with E-state index in [-0.39, 0.29) is 5.91 Å². The van der Waals surface area contributed by atoms with Crippen LogP contribution in [0.5, 0.6) is 11.5 Å². The van der Waals surface area contributed by atoms with Crippen molar-refractivity contribution in [2.45, 2.75) is 13.8 Å². The Morgan fingerprint density at radius 1 is 1.00 bits per heavy atom. The van der Waals surface area contributed by atoms with E-state index in [2.05, 4.69) is 39.3 Å². The maximum absolute atomic E-state index is 13.4. The second-order valence-corrected chi connectivity index (χ2v) is 9.63. The Morgan fingerprint density at radius 2 is 1.79 bits per heavy atom. The fourth-order valence-corrected chi connectivity index (χ4v) is 4.44. The third-order valence-electron chi connectivity index (χ3n) is 6.68. The Morgan fingerprint density at radius 3 is 2.53 bits per heavy atom. The first kappa shape index (κ1) is 25.1. The molecular formula is C30H30N6O2. The number of rotatable bonds is 6. The Hall–Kier alpha value is -4.61. The molecule has 0 saturated carbocycles. The number of hydrogen-bond acceptors (Lipinski definition) is 6. The van der Waals surface area contributed by atoms with Crippen LogP contribution in [0.1, 0.15) is 27.2 Å². The average Bonchev–Trinajstić information content (AvgIpc) is 3.36. The van der Waals surface area contributed by atoms with Crippen LogP contribution in [0.25, 0.3) is 5.69 Å². The SMILES string of the molecule is Cc1cn(-c2cc(NC(=O)c3ccc(C)c(Oc4cccc(C#N)c4)c3)cc(N3CCN(C)CC3)c2)cn1. The van der Waals surface area contributed by atoms with Crippen LogP contribution in [-0.4, -0.2) is 53.6 Å². The number of anilines is 2. The molecule has 1 saturated heterocycles. The van der Waals surface area contributed by atoms with E-state index in [4.69, 9.17) is 4.74 Å². The summed E-state index contributed by atoms with van der Waals surface area (Å²) >= 11 is 0. The van der Waals surface area contributed by atoms with Crippen molar-refractivity contribution in [3.63, 3.8) is 0 Å². The molecule has 0 unspecified atom stereocenters. The van der Waals surface area contributed by atoms with Crippen molar-refractivity contribution in [3.05, 3.63) is 95.6 Å². The Labute approximate surface area is 222 Å². The summed E-state index contributed by atoms with van der Waals surface area (Å²) in [4.78, 5) is 22.4. The number of amides is 1. The summed E-state index contributed by atoms with van der Waals surface area (Å²) in [7, 11) is 2.13. The maximum Gasteiger partial charge on any atom is 0.255 e. The molecule has 1 N–H and O–H groups in total. The molecule has 8 nitrogen and oxygen atoms in total. The number of nitriles is 1. The molecule has 38 heavy (non-hydrogen) atoms. The summed E-state index contributed by atoms with van der Waals surface area (Å²) < 4.78 is 8.00. The van der Waals surface area contributed by atoms with Crippen molar-refractivity contribution >= 4 is 17.3 Å². The van der Waals surface area contributed by atoms with Crippen molar-refractivity contribution in [3.8, 4) is 23.3 Å². The van der Waals surface area contributed by atoms with Gasteiger partial charge in [0.2, 0.25) is 0 Å². The van der Waals surface area contributed by atoms with Gasteiger partial charge in [-0.3, -0.25) is 4.79 Å². The first-order valence-corrected chi connectivity index (χ1v) is 12.6. The van der Waals surface area contributed by atoms with E-state index in [9.17, 15) is 10.1 Å². The van der Waals surface area contributed by atoms with Crippen LogP contribution in [0.2, 0.25) is 0 Å². The minimum absolute atomic E-state index is 0.232. The second kappa shape index (κ2) is 10.8. The molecule has 2 heterocycles. The van der Waals surface area contributed by atoms with E-state index in [0.29, 0.717) is 28.3 Å². The van der Waals surface area contributed by atoms with Crippen molar-refractivity contribution in [1.29, 1.82) is 5.26 Å². The fraction of sp³-hybridized carbons (Fsp3) is 0.233. The smallest absolute Gasteiger partial charge is 0.255 e. The van der Waals surface area contributed by atoms with E-state index in [1.54, 1.807) is 42.7 Å². The van der Waals surface area contributed by atoms with Gasteiger partial charge < -0.3 is 24.4 Å². The topological polar surface area (TPSA) is 86.4 Å². The van der Waals surface area contributed by atoms with Gasteiger partial charge in [-0.05, 0) is 75.0 Å². The van der Waals surface area contributed by atoms with E-state index < -0.39 is 0 Å². The molecule has 0 radical (unpaired) electrons. The number of aromatic nitrogens is 2. The molecule has 1 aliphatic rings. The van der Waals surface area contributed by atoms with Crippen molar-refractivity contribution in [2.24, 2.45) is 0 Å². The lowest BCUT2D eigenvalue weighted by atomic mass is 10.1. The predicted molar refractivity (Wildman–Crippen MR) is 148 cm³/mol. The number of likely N-dealkylation sites (N-methyl/N-ethyl adjacent to an activating group) is 1. The number of nitrogens with one attached hydrogen (secondary N) is 1. The predicted octanol–water partition coefficient (Wildman–Crippen LogP) is 5.16. The molecule has 1 aromatic heterocycles. The molecule has 0 atom stereocenters. The molecule has 0 spiro atoms. The van der Waals surface area contributed by atoms with Gasteiger partial charge in [-0.2, -0.15) is 5.26 Å². The monoisotopic (exact) mass is 506 g/mol. The summed E-state index contributed by atoms with van der Waals surface area (Å²) in [5.74, 6) is 0.877. The number of nitrogens with zero attached hydrogens (tertiary/aromatic N) is 5. The quantitative estimate of drug-likeness (QED) is 0.389. The molecule has 1 fully saturated rings. The van der Waals surface area contributed by atoms with E-state index >= 15 is 0 Å². The van der Waals surface area contributed by atoms with E-state index in [1.807, 2.05) is 42.8 Å². The Bertz CT molecular complexity index is 1510. The Balaban J connectivity index is 1.42. The van der Waals surface area contributed by atoms with E-state index in [0.717, 1.165) is 48.8 Å². The molecule has 8 heteroatoms. The van der Waals surface area contributed by atoms with Gasteiger partial charge in [-0.25, -0.2) is 4.98 Å². The highest BCUT2D eigenvalue weighted by atomic mass is 16.5. The first-order valence-electron chi connectivity index (χ1n) is 12.6. The van der Waals surface area contributed by atoms with Crippen LogP contribution in [0.15, 0.2) is 73.2 Å². The Kier molecular flexibility index (Phi) is 7.11. The molecule has 4 aromatic rings. The van der Waals surface area contributed by atoms with Crippen LogP contribution < -0.4 is 15.0 Å². The number of imidazole rings is 1. The first-order chi connectivity index (χ1) is 18.4. The van der Waals surface area contributed by atoms with Gasteiger partial charge in [-0.15, -0.1) is 0 Å². The summed E-state index contributed by atoms with van der Waals surface area (Å²) in [6.07, 6.45) is 3.76. The highest BCUT2D eigenvalue weighted by molar-refractivity contribution is 6.05. The number of carbonyl (C=O) groups is 1. The lowest BCUT2D eigenvalue weighted by Gasteiger charge is -2.34. The lowest BCUT2D eigenvalue weighted by Crippen LogP contribution is -2.44. The van der Waals surface area contributed by atoms with Crippen LogP contribution in [0.3, 0.4) is 0 Å². The van der Waals surface area contributed by atoms with E-state index in [1.165, 1.54) is 0 Å². The van der Waals surface area contributed by atoms with Crippen LogP contribution in [0, 0.1) is 25.2 Å². The summed E-state index contributed by atoms with van der Waals surface area (Å²) in [5.41, 5.74) is 5.50. The van der Waals surface area contributed by atoms with Gasteiger partial charge in [0.15, 0.2) is 0 Å². The standard InChI is InChI=1S/C30H30N6O2/c1-21-7-8-24(14-29(21)38-28-6-4-5-23(13-28)18-31)30(37)33-25-15-26(35-11-9-34(3)10-12-35)17-27(16-25)36-19-22(2)32-20-36/h4-8,13-17,19-20H,9-12H2,1-3H3,(H,33,37). The zero-order valence-corrected chi connectivity index (χ0v) is 21.8. The maximum atomic E-state index is 13.4. The van der Waals surface area contributed by atoms with Crippen molar-refractivity contribution in [1.82, 2.24) is 14.5 Å².